The van der Waals surface area contributed by atoms with Crippen LogP contribution < -0.4 is 10.6 Å². The number of nitriles is 1. The number of hydrogen-bond donors (Lipinski definition) is 2. The second kappa shape index (κ2) is 7.59. The number of hydrogen-bond acceptors (Lipinski definition) is 5. The molecule has 6 heteroatoms. The molecule has 0 aliphatic carbocycles. The second-order valence-electron chi connectivity index (χ2n) is 3.79. The lowest BCUT2D eigenvalue weighted by atomic mass is 10.2. The van der Waals surface area contributed by atoms with Crippen molar-refractivity contribution < 1.29 is 14.3 Å². The number of carbonyl (C=O) groups is 2. The van der Waals surface area contributed by atoms with Gasteiger partial charge in [0.15, 0.2) is 5.57 Å². The first kappa shape index (κ1) is 15.2. The molecule has 0 unspecified atom stereocenters. The van der Waals surface area contributed by atoms with Gasteiger partial charge >= 0.3 is 5.97 Å². The van der Waals surface area contributed by atoms with Crippen LogP contribution in [-0.2, 0) is 14.3 Å². The first-order chi connectivity index (χ1) is 9.60. The zero-order valence-electron chi connectivity index (χ0n) is 11.3. The smallest absolute Gasteiger partial charge is 0.350 e. The zero-order valence-corrected chi connectivity index (χ0v) is 11.3. The Morgan fingerprint density at radius 1 is 1.40 bits per heavy atom. The van der Waals surface area contributed by atoms with Crippen LogP contribution in [0, 0.1) is 11.3 Å². The Balaban J connectivity index is 2.81. The fourth-order valence-electron chi connectivity index (χ4n) is 1.34. The van der Waals surface area contributed by atoms with E-state index in [9.17, 15) is 9.59 Å². The summed E-state index contributed by atoms with van der Waals surface area (Å²) in [4.78, 5) is 22.5. The van der Waals surface area contributed by atoms with Gasteiger partial charge < -0.3 is 15.4 Å². The van der Waals surface area contributed by atoms with Crippen molar-refractivity contribution >= 4 is 23.3 Å². The maximum atomic E-state index is 11.3. The summed E-state index contributed by atoms with van der Waals surface area (Å²) in [7, 11) is 1.20. The van der Waals surface area contributed by atoms with Crippen LogP contribution in [0.25, 0.3) is 0 Å². The average Bonchev–Trinajstić information content (AvgIpc) is 2.47. The van der Waals surface area contributed by atoms with E-state index in [4.69, 9.17) is 5.26 Å². The van der Waals surface area contributed by atoms with Gasteiger partial charge in [-0.25, -0.2) is 4.79 Å². The van der Waals surface area contributed by atoms with Crippen LogP contribution in [-0.4, -0.2) is 19.0 Å². The lowest BCUT2D eigenvalue weighted by Gasteiger charge is -2.06. The van der Waals surface area contributed by atoms with E-state index in [1.54, 1.807) is 37.3 Å². The van der Waals surface area contributed by atoms with Crippen molar-refractivity contribution in [3.8, 4) is 6.07 Å². The summed E-state index contributed by atoms with van der Waals surface area (Å²) >= 11 is 0. The summed E-state index contributed by atoms with van der Waals surface area (Å²) in [6.07, 6.45) is 1.64. The van der Waals surface area contributed by atoms with Crippen LogP contribution in [0.5, 0.6) is 0 Å². The largest absolute Gasteiger partial charge is 0.465 e. The number of amides is 1. The lowest BCUT2D eigenvalue weighted by Crippen LogP contribution is -2.09. The predicted octanol–water partition coefficient (Wildman–Crippen LogP) is 2.03. The molecule has 6 nitrogen and oxygen atoms in total. The van der Waals surface area contributed by atoms with Crippen molar-refractivity contribution in [2.24, 2.45) is 0 Å². The molecule has 0 aliphatic heterocycles. The van der Waals surface area contributed by atoms with Crippen molar-refractivity contribution in [2.45, 2.75) is 13.3 Å². The van der Waals surface area contributed by atoms with Crippen LogP contribution in [0.4, 0.5) is 11.4 Å². The van der Waals surface area contributed by atoms with Crippen LogP contribution in [0.3, 0.4) is 0 Å². The van der Waals surface area contributed by atoms with Gasteiger partial charge in [0.2, 0.25) is 5.91 Å². The molecule has 0 atom stereocenters. The molecule has 1 rings (SSSR count). The molecular weight excluding hydrogens is 258 g/mol. The zero-order chi connectivity index (χ0) is 15.0. The highest BCUT2D eigenvalue weighted by molar-refractivity contribution is 5.93. The first-order valence-corrected chi connectivity index (χ1v) is 5.95. The molecule has 0 saturated carbocycles. The van der Waals surface area contributed by atoms with Crippen LogP contribution in [0.2, 0.25) is 0 Å². The summed E-state index contributed by atoms with van der Waals surface area (Å²) in [5.41, 5.74) is 1.12. The molecular formula is C14H15N3O3. The van der Waals surface area contributed by atoms with E-state index in [-0.39, 0.29) is 11.5 Å². The summed E-state index contributed by atoms with van der Waals surface area (Å²) in [5.74, 6) is -0.805. The Kier molecular flexibility index (Phi) is 5.78. The van der Waals surface area contributed by atoms with E-state index in [0.717, 1.165) is 0 Å². The highest BCUT2D eigenvalue weighted by Crippen LogP contribution is 2.15. The van der Waals surface area contributed by atoms with E-state index >= 15 is 0 Å². The summed E-state index contributed by atoms with van der Waals surface area (Å²) < 4.78 is 4.46. The van der Waals surface area contributed by atoms with E-state index in [2.05, 4.69) is 15.4 Å². The Morgan fingerprint density at radius 3 is 2.70 bits per heavy atom. The Hall–Kier alpha value is -2.81. The number of esters is 1. The monoisotopic (exact) mass is 273 g/mol. The summed E-state index contributed by atoms with van der Waals surface area (Å²) in [5, 5.41) is 14.3. The fourth-order valence-corrected chi connectivity index (χ4v) is 1.34. The van der Waals surface area contributed by atoms with Crippen molar-refractivity contribution in [3.63, 3.8) is 0 Å². The van der Waals surface area contributed by atoms with E-state index < -0.39 is 5.97 Å². The van der Waals surface area contributed by atoms with Gasteiger partial charge in [0, 0.05) is 24.0 Å². The molecule has 1 aromatic carbocycles. The lowest BCUT2D eigenvalue weighted by molar-refractivity contribution is -0.135. The predicted molar refractivity (Wildman–Crippen MR) is 74.7 cm³/mol. The van der Waals surface area contributed by atoms with Gasteiger partial charge in [-0.3, -0.25) is 4.79 Å². The summed E-state index contributed by atoms with van der Waals surface area (Å²) in [6.45, 7) is 1.76. The van der Waals surface area contributed by atoms with Gasteiger partial charge in [0.1, 0.15) is 6.07 Å². The SMILES string of the molecule is CCC(=O)Nc1cccc(N/C=C(/C#N)C(=O)OC)c1. The van der Waals surface area contributed by atoms with Crippen molar-refractivity contribution in [1.29, 1.82) is 5.26 Å². The number of ether oxygens (including phenoxy) is 1. The minimum atomic E-state index is -0.713. The molecule has 20 heavy (non-hydrogen) atoms. The molecule has 104 valence electrons. The molecule has 0 fully saturated rings. The van der Waals surface area contributed by atoms with Crippen LogP contribution in [0.15, 0.2) is 36.0 Å². The number of anilines is 2. The number of carbonyl (C=O) groups excluding carboxylic acids is 2. The quantitative estimate of drug-likeness (QED) is 0.486. The highest BCUT2D eigenvalue weighted by atomic mass is 16.5. The van der Waals surface area contributed by atoms with Crippen LogP contribution in [0.1, 0.15) is 13.3 Å². The molecule has 0 saturated heterocycles. The molecule has 2 N–H and O–H groups in total. The van der Waals surface area contributed by atoms with E-state index in [1.165, 1.54) is 13.3 Å². The minimum Gasteiger partial charge on any atom is -0.465 e. The summed E-state index contributed by atoms with van der Waals surface area (Å²) in [6, 6.07) is 8.65. The minimum absolute atomic E-state index is 0.0926. The Bertz CT molecular complexity index is 573. The van der Waals surface area contributed by atoms with Gasteiger partial charge in [-0.05, 0) is 18.2 Å². The third kappa shape index (κ3) is 4.46. The van der Waals surface area contributed by atoms with Crippen molar-refractivity contribution in [1.82, 2.24) is 0 Å². The first-order valence-electron chi connectivity index (χ1n) is 5.95. The molecule has 0 heterocycles. The number of nitrogens with one attached hydrogen (secondary N) is 2. The Morgan fingerprint density at radius 2 is 2.10 bits per heavy atom. The molecule has 0 spiro atoms. The highest BCUT2D eigenvalue weighted by Gasteiger charge is 2.07. The Labute approximate surface area is 117 Å². The standard InChI is InChI=1S/C14H15N3O3/c1-3-13(18)17-12-6-4-5-11(7-12)16-9-10(8-15)14(19)20-2/h4-7,9,16H,3H2,1-2H3,(H,17,18)/b10-9-. The van der Waals surface area contributed by atoms with Gasteiger partial charge in [-0.1, -0.05) is 13.0 Å². The van der Waals surface area contributed by atoms with Crippen LogP contribution >= 0.6 is 0 Å². The third-order valence-corrected chi connectivity index (χ3v) is 2.38. The molecule has 0 radical (unpaired) electrons. The normalized spacial score (nSPS) is 10.3. The van der Waals surface area contributed by atoms with E-state index in [0.29, 0.717) is 17.8 Å². The fraction of sp³-hybridized carbons (Fsp3) is 0.214. The molecule has 1 amide bonds. The van der Waals surface area contributed by atoms with Crippen molar-refractivity contribution in [3.05, 3.63) is 36.0 Å². The number of benzene rings is 1. The number of methoxy groups -OCH3 is 1. The molecule has 0 aromatic heterocycles. The average molecular weight is 273 g/mol. The molecule has 0 bridgehead atoms. The maximum Gasteiger partial charge on any atom is 0.350 e. The van der Waals surface area contributed by atoms with Gasteiger partial charge in [-0.15, -0.1) is 0 Å². The van der Waals surface area contributed by atoms with Gasteiger partial charge in [-0.2, -0.15) is 5.26 Å². The second-order valence-corrected chi connectivity index (χ2v) is 3.79. The van der Waals surface area contributed by atoms with Gasteiger partial charge in [0.25, 0.3) is 0 Å². The topological polar surface area (TPSA) is 91.2 Å². The number of rotatable bonds is 5. The van der Waals surface area contributed by atoms with Gasteiger partial charge in [0.05, 0.1) is 7.11 Å². The molecule has 0 aliphatic rings. The van der Waals surface area contributed by atoms with Crippen molar-refractivity contribution in [2.75, 3.05) is 17.7 Å². The third-order valence-electron chi connectivity index (χ3n) is 2.38. The molecule has 1 aromatic rings. The maximum absolute atomic E-state index is 11.3. The number of nitrogens with zero attached hydrogens (tertiary/aromatic N) is 1. The van der Waals surface area contributed by atoms with E-state index in [1.807, 2.05) is 0 Å².